The van der Waals surface area contributed by atoms with Gasteiger partial charge in [-0.15, -0.1) is 0 Å². The van der Waals surface area contributed by atoms with Gasteiger partial charge < -0.3 is 10.2 Å². The van der Waals surface area contributed by atoms with Crippen LogP contribution >= 0.6 is 0 Å². The molecule has 1 atom stereocenters. The molecule has 138 valence electrons. The second-order valence-corrected chi connectivity index (χ2v) is 6.75. The molecule has 0 spiro atoms. The Balaban J connectivity index is 2.23. The number of nitrogens with zero attached hydrogens (tertiary/aromatic N) is 1. The van der Waals surface area contributed by atoms with Crippen molar-refractivity contribution in [1.29, 1.82) is 0 Å². The number of hydrogen-bond donors (Lipinski definition) is 1. The fraction of sp³-hybridized carbons (Fsp3) is 0.364. The first-order chi connectivity index (χ1) is 12.4. The molecule has 1 unspecified atom stereocenters. The van der Waals surface area contributed by atoms with Crippen LogP contribution in [0.1, 0.15) is 36.1 Å². The summed E-state index contributed by atoms with van der Waals surface area (Å²) in [4.78, 5) is 27.0. The van der Waals surface area contributed by atoms with Gasteiger partial charge in [0, 0.05) is 13.1 Å². The lowest BCUT2D eigenvalue weighted by Crippen LogP contribution is -2.48. The van der Waals surface area contributed by atoms with E-state index in [2.05, 4.69) is 11.4 Å². The minimum Gasteiger partial charge on any atom is -0.355 e. The molecule has 2 aromatic carbocycles. The van der Waals surface area contributed by atoms with Crippen molar-refractivity contribution < 1.29 is 9.59 Å². The lowest BCUT2D eigenvalue weighted by Gasteiger charge is -2.29. The molecule has 0 heterocycles. The highest BCUT2D eigenvalue weighted by atomic mass is 16.2. The number of benzene rings is 2. The maximum atomic E-state index is 13.0. The second kappa shape index (κ2) is 9.18. The van der Waals surface area contributed by atoms with Gasteiger partial charge in [-0.2, -0.15) is 0 Å². The van der Waals surface area contributed by atoms with E-state index in [1.165, 1.54) is 0 Å². The van der Waals surface area contributed by atoms with E-state index in [-0.39, 0.29) is 11.8 Å². The molecule has 0 aliphatic rings. The molecule has 1 N–H and O–H groups in total. The summed E-state index contributed by atoms with van der Waals surface area (Å²) in [6.45, 7) is 8.69. The van der Waals surface area contributed by atoms with Gasteiger partial charge in [0.15, 0.2) is 0 Å². The third-order valence-corrected chi connectivity index (χ3v) is 4.35. The lowest BCUT2D eigenvalue weighted by atomic mass is 10.0. The first-order valence-electron chi connectivity index (χ1n) is 9.09. The zero-order valence-corrected chi connectivity index (χ0v) is 16.1. The van der Waals surface area contributed by atoms with Gasteiger partial charge in [0.2, 0.25) is 11.8 Å². The van der Waals surface area contributed by atoms with Crippen LogP contribution in [0.4, 0.5) is 0 Å². The minimum atomic E-state index is -0.520. The summed E-state index contributed by atoms with van der Waals surface area (Å²) in [5, 5.41) is 2.82. The Morgan fingerprint density at radius 3 is 2.19 bits per heavy atom. The number of carbonyl (C=O) groups excluding carboxylic acids is 2. The van der Waals surface area contributed by atoms with Crippen molar-refractivity contribution in [1.82, 2.24) is 10.2 Å². The topological polar surface area (TPSA) is 49.4 Å². The zero-order chi connectivity index (χ0) is 19.1. The zero-order valence-electron chi connectivity index (χ0n) is 16.1. The van der Waals surface area contributed by atoms with E-state index in [1.54, 1.807) is 11.8 Å². The van der Waals surface area contributed by atoms with E-state index in [1.807, 2.05) is 63.2 Å². The molecule has 2 amide bonds. The highest BCUT2D eigenvalue weighted by molar-refractivity contribution is 5.88. The van der Waals surface area contributed by atoms with Crippen molar-refractivity contribution >= 4 is 11.8 Å². The molecule has 0 aliphatic carbocycles. The molecule has 0 fully saturated rings. The molecule has 4 nitrogen and oxygen atoms in total. The second-order valence-electron chi connectivity index (χ2n) is 6.75. The Hall–Kier alpha value is -2.62. The summed E-state index contributed by atoms with van der Waals surface area (Å²) in [7, 11) is 0. The summed E-state index contributed by atoms with van der Waals surface area (Å²) in [6.07, 6.45) is 0.291. The van der Waals surface area contributed by atoms with Gasteiger partial charge in [-0.1, -0.05) is 59.7 Å². The predicted octanol–water partition coefficient (Wildman–Crippen LogP) is 3.40. The van der Waals surface area contributed by atoms with Gasteiger partial charge in [-0.3, -0.25) is 9.59 Å². The summed E-state index contributed by atoms with van der Waals surface area (Å²) in [5.74, 6) is -0.171. The Morgan fingerprint density at radius 1 is 1.00 bits per heavy atom. The molecule has 0 saturated carbocycles. The molecular weight excluding hydrogens is 324 g/mol. The van der Waals surface area contributed by atoms with E-state index in [0.717, 1.165) is 22.3 Å². The molecule has 0 aromatic heterocycles. The monoisotopic (exact) mass is 352 g/mol. The predicted molar refractivity (Wildman–Crippen MR) is 105 cm³/mol. The molecule has 2 aromatic rings. The Bertz CT molecular complexity index is 736. The summed E-state index contributed by atoms with van der Waals surface area (Å²) in [5.41, 5.74) is 4.27. The van der Waals surface area contributed by atoms with E-state index in [4.69, 9.17) is 0 Å². The fourth-order valence-electron chi connectivity index (χ4n) is 3.13. The molecule has 0 bridgehead atoms. The first kappa shape index (κ1) is 19.7. The average Bonchev–Trinajstić information content (AvgIpc) is 2.59. The highest BCUT2D eigenvalue weighted by Gasteiger charge is 2.25. The fourth-order valence-corrected chi connectivity index (χ4v) is 3.13. The van der Waals surface area contributed by atoms with Gasteiger partial charge in [0.25, 0.3) is 0 Å². The summed E-state index contributed by atoms with van der Waals surface area (Å²) in [6, 6.07) is 15.4. The molecule has 2 rings (SSSR count). The lowest BCUT2D eigenvalue weighted by molar-refractivity contribution is -0.140. The number of nitrogens with one attached hydrogen (secondary N) is 1. The minimum absolute atomic E-state index is 0.0439. The number of carbonyl (C=O) groups is 2. The van der Waals surface area contributed by atoms with Crippen LogP contribution < -0.4 is 5.32 Å². The highest BCUT2D eigenvalue weighted by Crippen LogP contribution is 2.14. The van der Waals surface area contributed by atoms with Gasteiger partial charge >= 0.3 is 0 Å². The number of hydrogen-bond acceptors (Lipinski definition) is 2. The third kappa shape index (κ3) is 5.45. The quantitative estimate of drug-likeness (QED) is 0.830. The summed E-state index contributed by atoms with van der Waals surface area (Å²) >= 11 is 0. The van der Waals surface area contributed by atoms with Gasteiger partial charge in [-0.25, -0.2) is 0 Å². The van der Waals surface area contributed by atoms with Gasteiger partial charge in [-0.05, 0) is 38.8 Å². The Labute approximate surface area is 156 Å². The standard InChI is InChI=1S/C22H28N2O2/c1-5-23-22(26)18(4)24(15-19-9-7-6-8-10-19)21(25)14-20-12-16(2)11-17(3)13-20/h6-13,18H,5,14-15H2,1-4H3,(H,23,26). The average molecular weight is 352 g/mol. The van der Waals surface area contributed by atoms with Crippen molar-refractivity contribution in [3.63, 3.8) is 0 Å². The SMILES string of the molecule is CCNC(=O)C(C)N(Cc1ccccc1)C(=O)Cc1cc(C)cc(C)c1. The van der Waals surface area contributed by atoms with Crippen LogP contribution in [0.2, 0.25) is 0 Å². The van der Waals surface area contributed by atoms with E-state index in [9.17, 15) is 9.59 Å². The van der Waals surface area contributed by atoms with Crippen molar-refractivity contribution in [3.05, 3.63) is 70.8 Å². The molecule has 26 heavy (non-hydrogen) atoms. The number of rotatable bonds is 7. The number of amides is 2. The normalized spacial score (nSPS) is 11.7. The van der Waals surface area contributed by atoms with E-state index < -0.39 is 6.04 Å². The maximum absolute atomic E-state index is 13.0. The van der Waals surface area contributed by atoms with E-state index >= 15 is 0 Å². The number of likely N-dealkylation sites (N-methyl/N-ethyl adjacent to an activating group) is 1. The molecule has 4 heteroatoms. The molecule has 0 radical (unpaired) electrons. The smallest absolute Gasteiger partial charge is 0.242 e. The van der Waals surface area contributed by atoms with Crippen LogP contribution in [0, 0.1) is 13.8 Å². The maximum Gasteiger partial charge on any atom is 0.242 e. The van der Waals surface area contributed by atoms with Crippen molar-refractivity contribution in [2.45, 2.75) is 46.7 Å². The Kier molecular flexibility index (Phi) is 6.96. The van der Waals surface area contributed by atoms with Crippen LogP contribution in [0.15, 0.2) is 48.5 Å². The van der Waals surface area contributed by atoms with Crippen molar-refractivity contribution in [2.24, 2.45) is 0 Å². The Morgan fingerprint density at radius 2 is 1.62 bits per heavy atom. The molecule has 0 saturated heterocycles. The van der Waals surface area contributed by atoms with Crippen LogP contribution in [-0.2, 0) is 22.6 Å². The third-order valence-electron chi connectivity index (χ3n) is 4.35. The first-order valence-corrected chi connectivity index (χ1v) is 9.09. The van der Waals surface area contributed by atoms with E-state index in [0.29, 0.717) is 19.5 Å². The molecular formula is C22H28N2O2. The van der Waals surface area contributed by atoms with Crippen LogP contribution in [-0.4, -0.2) is 29.3 Å². The largest absolute Gasteiger partial charge is 0.355 e. The van der Waals surface area contributed by atoms with Gasteiger partial charge in [0.1, 0.15) is 6.04 Å². The van der Waals surface area contributed by atoms with Crippen molar-refractivity contribution in [2.75, 3.05) is 6.54 Å². The van der Waals surface area contributed by atoms with Crippen LogP contribution in [0.5, 0.6) is 0 Å². The van der Waals surface area contributed by atoms with Gasteiger partial charge in [0.05, 0.1) is 6.42 Å². The molecule has 0 aliphatic heterocycles. The number of aryl methyl sites for hydroxylation is 2. The van der Waals surface area contributed by atoms with Crippen molar-refractivity contribution in [3.8, 4) is 0 Å². The summed E-state index contributed by atoms with van der Waals surface area (Å²) < 4.78 is 0. The van der Waals surface area contributed by atoms with Crippen LogP contribution in [0.25, 0.3) is 0 Å². The van der Waals surface area contributed by atoms with Crippen LogP contribution in [0.3, 0.4) is 0 Å².